The van der Waals surface area contributed by atoms with Crippen LogP contribution >= 0.6 is 11.3 Å². The van der Waals surface area contributed by atoms with E-state index in [1.54, 1.807) is 6.92 Å². The van der Waals surface area contributed by atoms with E-state index < -0.39 is 16.0 Å². The zero-order valence-electron chi connectivity index (χ0n) is 10.8. The molecule has 0 aliphatic carbocycles. The lowest BCUT2D eigenvalue weighted by Crippen LogP contribution is -2.32. The smallest absolute Gasteiger partial charge is 0.345 e. The van der Waals surface area contributed by atoms with Crippen molar-refractivity contribution in [2.75, 3.05) is 13.1 Å². The zero-order valence-corrected chi connectivity index (χ0v) is 12.4. The Labute approximate surface area is 116 Å². The van der Waals surface area contributed by atoms with Crippen LogP contribution < -0.4 is 0 Å². The molecule has 5 nitrogen and oxygen atoms in total. The van der Waals surface area contributed by atoms with Crippen LogP contribution in [0.1, 0.15) is 40.2 Å². The number of aryl methyl sites for hydroxylation is 1. The fraction of sp³-hybridized carbons (Fsp3) is 0.583. The van der Waals surface area contributed by atoms with Crippen molar-refractivity contribution in [3.63, 3.8) is 0 Å². The summed E-state index contributed by atoms with van der Waals surface area (Å²) in [5.74, 6) is -1.08. The molecule has 1 fully saturated rings. The summed E-state index contributed by atoms with van der Waals surface area (Å²) in [5, 5.41) is 8.95. The molecule has 0 radical (unpaired) electrons. The number of thiophene rings is 1. The van der Waals surface area contributed by atoms with Crippen molar-refractivity contribution >= 4 is 27.3 Å². The number of hydrogen-bond donors (Lipinski definition) is 1. The van der Waals surface area contributed by atoms with Crippen molar-refractivity contribution in [1.29, 1.82) is 0 Å². The highest BCUT2D eigenvalue weighted by Gasteiger charge is 2.29. The molecule has 0 saturated carbocycles. The topological polar surface area (TPSA) is 74.7 Å². The molecule has 0 unspecified atom stereocenters. The molecule has 0 atom stereocenters. The number of carbonyl (C=O) groups is 1. The van der Waals surface area contributed by atoms with Crippen LogP contribution in [0.5, 0.6) is 0 Å². The lowest BCUT2D eigenvalue weighted by atomic mass is 10.2. The van der Waals surface area contributed by atoms with Crippen LogP contribution in [0.3, 0.4) is 0 Å². The largest absolute Gasteiger partial charge is 0.477 e. The molecule has 7 heteroatoms. The predicted molar refractivity (Wildman–Crippen MR) is 73.2 cm³/mol. The number of carboxylic acid groups (broad SMARTS) is 1. The number of aromatic carboxylic acids is 1. The van der Waals surface area contributed by atoms with E-state index in [4.69, 9.17) is 5.11 Å². The van der Waals surface area contributed by atoms with Crippen molar-refractivity contribution in [1.82, 2.24) is 4.31 Å². The quantitative estimate of drug-likeness (QED) is 0.930. The standard InChI is InChI=1S/C12H17NO4S2/c1-9-11(8-10(18-9)12(14)15)19(16,17)13-6-4-2-3-5-7-13/h8H,2-7H2,1H3,(H,14,15). The average Bonchev–Trinajstić information content (AvgIpc) is 2.59. The Balaban J connectivity index is 2.35. The van der Waals surface area contributed by atoms with Gasteiger partial charge in [-0.25, -0.2) is 13.2 Å². The maximum atomic E-state index is 12.5. The number of carboxylic acids is 1. The summed E-state index contributed by atoms with van der Waals surface area (Å²) in [6.07, 6.45) is 3.84. The second-order valence-electron chi connectivity index (χ2n) is 4.65. The summed E-state index contributed by atoms with van der Waals surface area (Å²) in [4.78, 5) is 11.7. The molecular formula is C12H17NO4S2. The molecule has 0 aromatic carbocycles. The van der Waals surface area contributed by atoms with Gasteiger partial charge < -0.3 is 5.11 Å². The van der Waals surface area contributed by atoms with Crippen molar-refractivity contribution < 1.29 is 18.3 Å². The Hall–Kier alpha value is -0.920. The highest BCUT2D eigenvalue weighted by molar-refractivity contribution is 7.89. The van der Waals surface area contributed by atoms with Gasteiger partial charge in [0.1, 0.15) is 4.88 Å². The van der Waals surface area contributed by atoms with Gasteiger partial charge in [0.05, 0.1) is 4.90 Å². The third-order valence-electron chi connectivity index (χ3n) is 3.27. The second-order valence-corrected chi connectivity index (χ2v) is 7.82. The molecule has 1 aromatic rings. The zero-order chi connectivity index (χ0) is 14.0. The van der Waals surface area contributed by atoms with Crippen LogP contribution in [0.15, 0.2) is 11.0 Å². The first-order chi connectivity index (χ1) is 8.93. The van der Waals surface area contributed by atoms with Crippen LogP contribution in [0.2, 0.25) is 0 Å². The molecule has 0 spiro atoms. The SMILES string of the molecule is Cc1sc(C(=O)O)cc1S(=O)(=O)N1CCCCCC1. The highest BCUT2D eigenvalue weighted by Crippen LogP contribution is 2.29. The van der Waals surface area contributed by atoms with E-state index in [2.05, 4.69) is 0 Å². The predicted octanol–water partition coefficient (Wildman–Crippen LogP) is 2.32. The van der Waals surface area contributed by atoms with Gasteiger partial charge in [0.2, 0.25) is 10.0 Å². The van der Waals surface area contributed by atoms with Gasteiger partial charge in [-0.05, 0) is 25.8 Å². The number of sulfonamides is 1. The fourth-order valence-electron chi connectivity index (χ4n) is 2.25. The van der Waals surface area contributed by atoms with Gasteiger partial charge in [-0.2, -0.15) is 4.31 Å². The first-order valence-electron chi connectivity index (χ1n) is 6.27. The Morgan fingerprint density at radius 3 is 2.32 bits per heavy atom. The van der Waals surface area contributed by atoms with Gasteiger partial charge >= 0.3 is 5.97 Å². The number of hydrogen-bond acceptors (Lipinski definition) is 4. The maximum Gasteiger partial charge on any atom is 0.345 e. The summed E-state index contributed by atoms with van der Waals surface area (Å²) in [5.41, 5.74) is 0. The Kier molecular flexibility index (Phi) is 4.27. The maximum absolute atomic E-state index is 12.5. The van der Waals surface area contributed by atoms with Gasteiger partial charge in [0.15, 0.2) is 0 Å². The Bertz CT molecular complexity index is 569. The van der Waals surface area contributed by atoms with Gasteiger partial charge in [0.25, 0.3) is 0 Å². The lowest BCUT2D eigenvalue weighted by molar-refractivity contribution is 0.0702. The first-order valence-corrected chi connectivity index (χ1v) is 8.52. The molecular weight excluding hydrogens is 286 g/mol. The minimum atomic E-state index is -3.55. The Morgan fingerprint density at radius 1 is 1.26 bits per heavy atom. The van der Waals surface area contributed by atoms with E-state index in [0.29, 0.717) is 18.0 Å². The molecule has 1 aliphatic heterocycles. The number of rotatable bonds is 3. The lowest BCUT2D eigenvalue weighted by Gasteiger charge is -2.19. The first kappa shape index (κ1) is 14.5. The van der Waals surface area contributed by atoms with E-state index in [0.717, 1.165) is 37.0 Å². The van der Waals surface area contributed by atoms with Gasteiger partial charge in [0, 0.05) is 18.0 Å². The molecule has 0 amide bonds. The van der Waals surface area contributed by atoms with Crippen LogP contribution in [-0.4, -0.2) is 36.9 Å². The summed E-state index contributed by atoms with van der Waals surface area (Å²) in [6.45, 7) is 2.71. The van der Waals surface area contributed by atoms with Gasteiger partial charge in [-0.15, -0.1) is 11.3 Å². The van der Waals surface area contributed by atoms with Crippen LogP contribution in [0.4, 0.5) is 0 Å². The molecule has 1 N–H and O–H groups in total. The fourth-order valence-corrected chi connectivity index (χ4v) is 5.16. The second kappa shape index (κ2) is 5.60. The third kappa shape index (κ3) is 2.98. The molecule has 2 heterocycles. The van der Waals surface area contributed by atoms with Crippen LogP contribution in [0, 0.1) is 6.92 Å². The molecule has 1 saturated heterocycles. The van der Waals surface area contributed by atoms with E-state index in [1.165, 1.54) is 10.4 Å². The van der Waals surface area contributed by atoms with Crippen LogP contribution in [-0.2, 0) is 10.0 Å². The monoisotopic (exact) mass is 303 g/mol. The highest BCUT2D eigenvalue weighted by atomic mass is 32.2. The minimum Gasteiger partial charge on any atom is -0.477 e. The summed E-state index contributed by atoms with van der Waals surface area (Å²) >= 11 is 1.01. The average molecular weight is 303 g/mol. The van der Waals surface area contributed by atoms with E-state index in [-0.39, 0.29) is 9.77 Å². The molecule has 1 aromatic heterocycles. The number of nitrogens with zero attached hydrogens (tertiary/aromatic N) is 1. The molecule has 2 rings (SSSR count). The van der Waals surface area contributed by atoms with Crippen molar-refractivity contribution in [2.24, 2.45) is 0 Å². The van der Waals surface area contributed by atoms with Gasteiger partial charge in [-0.3, -0.25) is 0 Å². The van der Waals surface area contributed by atoms with Crippen molar-refractivity contribution in [2.45, 2.75) is 37.5 Å². The van der Waals surface area contributed by atoms with E-state index in [1.807, 2.05) is 0 Å². The van der Waals surface area contributed by atoms with Gasteiger partial charge in [-0.1, -0.05) is 12.8 Å². The van der Waals surface area contributed by atoms with Crippen LogP contribution in [0.25, 0.3) is 0 Å². The van der Waals surface area contributed by atoms with E-state index >= 15 is 0 Å². The minimum absolute atomic E-state index is 0.0749. The summed E-state index contributed by atoms with van der Waals surface area (Å²) < 4.78 is 26.6. The van der Waals surface area contributed by atoms with E-state index in [9.17, 15) is 13.2 Å². The Morgan fingerprint density at radius 2 is 1.84 bits per heavy atom. The summed E-state index contributed by atoms with van der Waals surface area (Å²) in [7, 11) is -3.55. The molecule has 1 aliphatic rings. The normalized spacial score (nSPS) is 18.2. The molecule has 0 bridgehead atoms. The summed E-state index contributed by atoms with van der Waals surface area (Å²) in [6, 6.07) is 1.28. The molecule has 19 heavy (non-hydrogen) atoms. The van der Waals surface area contributed by atoms with Crippen molar-refractivity contribution in [3.8, 4) is 0 Å². The van der Waals surface area contributed by atoms with Crippen molar-refractivity contribution in [3.05, 3.63) is 15.8 Å². The third-order valence-corrected chi connectivity index (χ3v) is 6.46. The molecule has 106 valence electrons.